The van der Waals surface area contributed by atoms with Gasteiger partial charge in [0.25, 0.3) is 0 Å². The van der Waals surface area contributed by atoms with E-state index in [2.05, 4.69) is 0 Å². The van der Waals surface area contributed by atoms with Crippen molar-refractivity contribution in [1.82, 2.24) is 4.90 Å². The standard InChI is InChI=1S/C8H18N2O2/c1-3-5-10(2)8(11)7-12-6-4-9/h3-7,9H2,1-2H3. The highest BCUT2D eigenvalue weighted by atomic mass is 16.5. The van der Waals surface area contributed by atoms with Gasteiger partial charge < -0.3 is 15.4 Å². The topological polar surface area (TPSA) is 55.6 Å². The van der Waals surface area contributed by atoms with Crippen LogP contribution in [0.15, 0.2) is 0 Å². The zero-order valence-electron chi connectivity index (χ0n) is 7.88. The van der Waals surface area contributed by atoms with Gasteiger partial charge in [-0.25, -0.2) is 0 Å². The van der Waals surface area contributed by atoms with Crippen molar-refractivity contribution < 1.29 is 9.53 Å². The maximum Gasteiger partial charge on any atom is 0.248 e. The summed E-state index contributed by atoms with van der Waals surface area (Å²) in [6.07, 6.45) is 0.971. The van der Waals surface area contributed by atoms with Crippen LogP contribution in [0.4, 0.5) is 0 Å². The highest BCUT2D eigenvalue weighted by Crippen LogP contribution is 1.88. The lowest BCUT2D eigenvalue weighted by atomic mass is 10.4. The van der Waals surface area contributed by atoms with Crippen LogP contribution in [0.1, 0.15) is 13.3 Å². The van der Waals surface area contributed by atoms with Gasteiger partial charge in [-0.1, -0.05) is 6.92 Å². The summed E-state index contributed by atoms with van der Waals surface area (Å²) in [5.41, 5.74) is 5.20. The van der Waals surface area contributed by atoms with Crippen LogP contribution in [0.2, 0.25) is 0 Å². The van der Waals surface area contributed by atoms with E-state index in [-0.39, 0.29) is 12.5 Å². The quantitative estimate of drug-likeness (QED) is 0.569. The fraction of sp³-hybridized carbons (Fsp3) is 0.875. The number of nitrogens with two attached hydrogens (primary N) is 1. The number of carbonyl (C=O) groups excluding carboxylic acids is 1. The van der Waals surface area contributed by atoms with Crippen molar-refractivity contribution in [2.45, 2.75) is 13.3 Å². The van der Waals surface area contributed by atoms with E-state index >= 15 is 0 Å². The van der Waals surface area contributed by atoms with Crippen molar-refractivity contribution in [1.29, 1.82) is 0 Å². The van der Waals surface area contributed by atoms with Crippen molar-refractivity contribution in [3.8, 4) is 0 Å². The third-order valence-electron chi connectivity index (χ3n) is 1.47. The van der Waals surface area contributed by atoms with Crippen LogP contribution in [0.3, 0.4) is 0 Å². The summed E-state index contributed by atoms with van der Waals surface area (Å²) in [7, 11) is 1.78. The van der Waals surface area contributed by atoms with Gasteiger partial charge in [0.1, 0.15) is 6.61 Å². The van der Waals surface area contributed by atoms with Crippen LogP contribution in [-0.2, 0) is 9.53 Å². The predicted molar refractivity (Wildman–Crippen MR) is 47.8 cm³/mol. The minimum atomic E-state index is 0.0188. The van der Waals surface area contributed by atoms with Crippen molar-refractivity contribution >= 4 is 5.91 Å². The molecule has 4 heteroatoms. The molecule has 0 aliphatic carbocycles. The normalized spacial score (nSPS) is 9.92. The van der Waals surface area contributed by atoms with Crippen LogP contribution in [0.25, 0.3) is 0 Å². The summed E-state index contributed by atoms with van der Waals surface area (Å²) in [5.74, 6) is 0.0188. The fourth-order valence-corrected chi connectivity index (χ4v) is 0.813. The Morgan fingerprint density at radius 1 is 1.58 bits per heavy atom. The Hall–Kier alpha value is -0.610. The Kier molecular flexibility index (Phi) is 6.70. The largest absolute Gasteiger partial charge is 0.370 e. The minimum absolute atomic E-state index is 0.0188. The summed E-state index contributed by atoms with van der Waals surface area (Å²) < 4.78 is 5.00. The lowest BCUT2D eigenvalue weighted by Gasteiger charge is -2.15. The molecule has 0 saturated carbocycles. The van der Waals surface area contributed by atoms with Gasteiger partial charge >= 0.3 is 0 Å². The average Bonchev–Trinajstić information content (AvgIpc) is 2.05. The number of hydrogen-bond acceptors (Lipinski definition) is 3. The maximum absolute atomic E-state index is 11.2. The highest BCUT2D eigenvalue weighted by Gasteiger charge is 2.06. The number of hydrogen-bond donors (Lipinski definition) is 1. The molecule has 0 unspecified atom stereocenters. The van der Waals surface area contributed by atoms with E-state index < -0.39 is 0 Å². The number of ether oxygens (including phenoxy) is 1. The van der Waals surface area contributed by atoms with Crippen LogP contribution in [0, 0.1) is 0 Å². The summed E-state index contributed by atoms with van der Waals surface area (Å²) in [6, 6.07) is 0. The van der Waals surface area contributed by atoms with Gasteiger partial charge in [-0.2, -0.15) is 0 Å². The number of amides is 1. The number of likely N-dealkylation sites (N-methyl/N-ethyl adjacent to an activating group) is 1. The first-order valence-electron chi connectivity index (χ1n) is 4.24. The summed E-state index contributed by atoms with van der Waals surface area (Å²) in [5, 5.41) is 0. The second-order valence-electron chi connectivity index (χ2n) is 2.66. The molecule has 0 aromatic heterocycles. The van der Waals surface area contributed by atoms with Crippen molar-refractivity contribution in [3.05, 3.63) is 0 Å². The van der Waals surface area contributed by atoms with Gasteiger partial charge in [-0.3, -0.25) is 4.79 Å². The van der Waals surface area contributed by atoms with Gasteiger partial charge in [0.2, 0.25) is 5.91 Å². The number of nitrogens with zero attached hydrogens (tertiary/aromatic N) is 1. The molecule has 2 N–H and O–H groups in total. The van der Waals surface area contributed by atoms with E-state index in [0.29, 0.717) is 13.2 Å². The molecule has 1 amide bonds. The smallest absolute Gasteiger partial charge is 0.248 e. The Morgan fingerprint density at radius 2 is 2.25 bits per heavy atom. The summed E-state index contributed by atoms with van der Waals surface area (Å²) in [6.45, 7) is 3.87. The molecule has 0 aliphatic heterocycles. The molecular weight excluding hydrogens is 156 g/mol. The second-order valence-corrected chi connectivity index (χ2v) is 2.66. The van der Waals surface area contributed by atoms with Crippen LogP contribution in [-0.4, -0.2) is 44.2 Å². The van der Waals surface area contributed by atoms with Crippen molar-refractivity contribution in [2.24, 2.45) is 5.73 Å². The Morgan fingerprint density at radius 3 is 2.75 bits per heavy atom. The zero-order valence-corrected chi connectivity index (χ0v) is 7.88. The molecular formula is C8H18N2O2. The molecule has 4 nitrogen and oxygen atoms in total. The molecule has 0 saturated heterocycles. The molecule has 0 aliphatic rings. The molecule has 12 heavy (non-hydrogen) atoms. The maximum atomic E-state index is 11.2. The Bertz CT molecular complexity index is 128. The van der Waals surface area contributed by atoms with Gasteiger partial charge in [0.05, 0.1) is 6.61 Å². The molecule has 72 valence electrons. The number of rotatable bonds is 6. The molecule has 0 aromatic carbocycles. The first-order chi connectivity index (χ1) is 5.72. The first-order valence-corrected chi connectivity index (χ1v) is 4.24. The van der Waals surface area contributed by atoms with Crippen LogP contribution >= 0.6 is 0 Å². The van der Waals surface area contributed by atoms with Crippen LogP contribution in [0.5, 0.6) is 0 Å². The SMILES string of the molecule is CCCN(C)C(=O)COCCN. The van der Waals surface area contributed by atoms with Crippen molar-refractivity contribution in [2.75, 3.05) is 33.4 Å². The molecule has 0 fully saturated rings. The molecule has 0 spiro atoms. The predicted octanol–water partition coefficient (Wildman–Crippen LogP) is -0.170. The molecule has 0 bridgehead atoms. The van der Waals surface area contributed by atoms with Gasteiger partial charge in [-0.05, 0) is 6.42 Å². The summed E-state index contributed by atoms with van der Waals surface area (Å²) in [4.78, 5) is 12.8. The molecule has 0 radical (unpaired) electrons. The lowest BCUT2D eigenvalue weighted by Crippen LogP contribution is -2.31. The zero-order chi connectivity index (χ0) is 9.40. The van der Waals surface area contributed by atoms with E-state index in [4.69, 9.17) is 10.5 Å². The highest BCUT2D eigenvalue weighted by molar-refractivity contribution is 5.77. The van der Waals surface area contributed by atoms with E-state index in [1.807, 2.05) is 6.92 Å². The number of carbonyl (C=O) groups is 1. The minimum Gasteiger partial charge on any atom is -0.370 e. The van der Waals surface area contributed by atoms with Gasteiger partial charge in [0, 0.05) is 20.1 Å². The van der Waals surface area contributed by atoms with Gasteiger partial charge in [0.15, 0.2) is 0 Å². The van der Waals surface area contributed by atoms with E-state index in [1.54, 1.807) is 11.9 Å². The van der Waals surface area contributed by atoms with E-state index in [9.17, 15) is 4.79 Å². The molecule has 0 heterocycles. The molecule has 0 rings (SSSR count). The molecule has 0 aromatic rings. The van der Waals surface area contributed by atoms with Crippen LogP contribution < -0.4 is 5.73 Å². The van der Waals surface area contributed by atoms with E-state index in [0.717, 1.165) is 13.0 Å². The fourth-order valence-electron chi connectivity index (χ4n) is 0.813. The van der Waals surface area contributed by atoms with E-state index in [1.165, 1.54) is 0 Å². The second kappa shape index (κ2) is 7.06. The Labute approximate surface area is 73.7 Å². The lowest BCUT2D eigenvalue weighted by molar-refractivity contribution is -0.134. The van der Waals surface area contributed by atoms with Gasteiger partial charge in [-0.15, -0.1) is 0 Å². The monoisotopic (exact) mass is 174 g/mol. The molecule has 0 atom stereocenters. The first kappa shape index (κ1) is 11.4. The average molecular weight is 174 g/mol. The van der Waals surface area contributed by atoms with Crippen molar-refractivity contribution in [3.63, 3.8) is 0 Å². The third-order valence-corrected chi connectivity index (χ3v) is 1.47. The third kappa shape index (κ3) is 5.09. The Balaban J connectivity index is 3.43. The summed E-state index contributed by atoms with van der Waals surface area (Å²) >= 11 is 0.